The van der Waals surface area contributed by atoms with Gasteiger partial charge in [0.25, 0.3) is 6.47 Å². The molecule has 1 saturated carbocycles. The van der Waals surface area contributed by atoms with E-state index in [1.54, 1.807) is 11.3 Å². The van der Waals surface area contributed by atoms with Crippen molar-refractivity contribution in [1.29, 1.82) is 0 Å². The highest BCUT2D eigenvalue weighted by molar-refractivity contribution is 7.19. The number of carboxylic acid groups (broad SMARTS) is 1. The average molecular weight is 539 g/mol. The molecule has 3 aromatic rings. The third-order valence-corrected chi connectivity index (χ3v) is 9.40. The molecule has 8 nitrogen and oxygen atoms in total. The van der Waals surface area contributed by atoms with Crippen molar-refractivity contribution in [1.82, 2.24) is 15.2 Å². The van der Waals surface area contributed by atoms with Crippen LogP contribution in [0.1, 0.15) is 42.5 Å². The number of halogens is 1. The number of hydrogen-bond donors (Lipinski definition) is 2. The summed E-state index contributed by atoms with van der Waals surface area (Å²) in [7, 11) is 0. The Morgan fingerprint density at radius 3 is 2.51 bits per heavy atom. The summed E-state index contributed by atoms with van der Waals surface area (Å²) in [6, 6.07) is 8.94. The predicted octanol–water partition coefficient (Wildman–Crippen LogP) is 4.18. The Kier molecular flexibility index (Phi) is 6.17. The number of amides is 2. The van der Waals surface area contributed by atoms with E-state index >= 15 is 0 Å². The number of anilines is 1. The van der Waals surface area contributed by atoms with Crippen LogP contribution in [0, 0.1) is 0 Å². The minimum atomic E-state index is -0.250. The molecule has 5 heterocycles. The lowest BCUT2D eigenvalue weighted by Crippen LogP contribution is -2.59. The van der Waals surface area contributed by atoms with Gasteiger partial charge in [0, 0.05) is 65.4 Å². The van der Waals surface area contributed by atoms with E-state index in [1.807, 2.05) is 12.3 Å². The lowest BCUT2D eigenvalue weighted by Gasteiger charge is -2.46. The van der Waals surface area contributed by atoms with E-state index in [-0.39, 0.29) is 23.7 Å². The lowest BCUT2D eigenvalue weighted by atomic mass is 9.82. The molecular weight excluding hydrogens is 512 g/mol. The van der Waals surface area contributed by atoms with Crippen LogP contribution in [-0.4, -0.2) is 59.0 Å². The van der Waals surface area contributed by atoms with Gasteiger partial charge in [-0.1, -0.05) is 11.6 Å². The van der Waals surface area contributed by atoms with Gasteiger partial charge in [-0.15, -0.1) is 11.3 Å². The standard InChI is InChI=1S/C26H25ClN4O2S.CH2O2/c27-15-9-19(24-20(10-15)26(4-5-26)6-8-30(24)16-12-28-13-16)18-3-7-29-21-11-17(34-25(18)21)14-31-22(32)1-2-23(31)33;2-1-3/h3,7,9-11,16,28H,1-2,4-6,8,12-14H2;1H,(H,2,3). The van der Waals surface area contributed by atoms with E-state index in [1.165, 1.54) is 41.0 Å². The average Bonchev–Trinajstić information content (AvgIpc) is 3.39. The molecule has 3 aliphatic heterocycles. The van der Waals surface area contributed by atoms with Gasteiger partial charge in [0.15, 0.2) is 0 Å². The molecule has 4 aliphatic rings. The topological polar surface area (TPSA) is 103 Å². The second kappa shape index (κ2) is 9.38. The fraction of sp³-hybridized carbons (Fsp3) is 0.407. The fourth-order valence-corrected chi connectivity index (χ4v) is 7.21. The van der Waals surface area contributed by atoms with Crippen molar-refractivity contribution in [3.63, 3.8) is 0 Å². The van der Waals surface area contributed by atoms with Crippen LogP contribution in [0.15, 0.2) is 30.5 Å². The minimum Gasteiger partial charge on any atom is -0.483 e. The summed E-state index contributed by atoms with van der Waals surface area (Å²) in [4.78, 5) is 42.3. The van der Waals surface area contributed by atoms with Gasteiger partial charge in [0.1, 0.15) is 0 Å². The molecule has 1 aliphatic carbocycles. The number of pyridine rings is 1. The van der Waals surface area contributed by atoms with Crippen LogP contribution in [-0.2, 0) is 26.3 Å². The molecule has 192 valence electrons. The molecule has 2 saturated heterocycles. The van der Waals surface area contributed by atoms with Gasteiger partial charge in [0.2, 0.25) is 11.8 Å². The molecule has 0 bridgehead atoms. The zero-order chi connectivity index (χ0) is 25.7. The molecule has 7 rings (SSSR count). The molecule has 1 spiro atoms. The second-order valence-electron chi connectivity index (χ2n) is 10.1. The summed E-state index contributed by atoms with van der Waals surface area (Å²) in [6.45, 7) is 3.19. The van der Waals surface area contributed by atoms with Gasteiger partial charge in [-0.25, -0.2) is 0 Å². The van der Waals surface area contributed by atoms with E-state index in [0.717, 1.165) is 45.3 Å². The highest BCUT2D eigenvalue weighted by atomic mass is 35.5. The number of thiophene rings is 1. The normalized spacial score (nSPS) is 20.0. The van der Waals surface area contributed by atoms with Crippen molar-refractivity contribution in [2.24, 2.45) is 0 Å². The number of carbonyl (C=O) groups excluding carboxylic acids is 2. The number of carbonyl (C=O) groups is 3. The fourth-order valence-electron chi connectivity index (χ4n) is 5.86. The van der Waals surface area contributed by atoms with Crippen molar-refractivity contribution in [2.45, 2.75) is 50.1 Å². The Morgan fingerprint density at radius 2 is 1.86 bits per heavy atom. The van der Waals surface area contributed by atoms with Crippen LogP contribution >= 0.6 is 22.9 Å². The van der Waals surface area contributed by atoms with Crippen LogP contribution in [0.2, 0.25) is 5.02 Å². The summed E-state index contributed by atoms with van der Waals surface area (Å²) < 4.78 is 1.09. The molecule has 0 atom stereocenters. The number of aromatic nitrogens is 1. The van der Waals surface area contributed by atoms with Gasteiger partial charge in [-0.2, -0.15) is 0 Å². The number of rotatable bonds is 4. The third kappa shape index (κ3) is 4.19. The molecule has 2 amide bonds. The van der Waals surface area contributed by atoms with Crippen LogP contribution in [0.4, 0.5) is 5.69 Å². The van der Waals surface area contributed by atoms with Crippen LogP contribution in [0.25, 0.3) is 21.3 Å². The summed E-state index contributed by atoms with van der Waals surface area (Å²) in [6.07, 6.45) is 6.17. The highest BCUT2D eigenvalue weighted by Crippen LogP contribution is 2.59. The molecule has 2 N–H and O–H groups in total. The number of benzene rings is 1. The lowest BCUT2D eigenvalue weighted by molar-refractivity contribution is -0.139. The Morgan fingerprint density at radius 1 is 1.14 bits per heavy atom. The van der Waals surface area contributed by atoms with Crippen LogP contribution < -0.4 is 10.2 Å². The van der Waals surface area contributed by atoms with Crippen LogP contribution in [0.3, 0.4) is 0 Å². The molecule has 2 aromatic heterocycles. The van der Waals surface area contributed by atoms with Gasteiger partial charge in [-0.05, 0) is 54.5 Å². The van der Waals surface area contributed by atoms with Gasteiger partial charge < -0.3 is 15.3 Å². The molecule has 0 unspecified atom stereocenters. The number of fused-ring (bicyclic) bond motifs is 3. The third-order valence-electron chi connectivity index (χ3n) is 8.04. The Bertz CT molecular complexity index is 1400. The highest BCUT2D eigenvalue weighted by Gasteiger charge is 2.50. The smallest absolute Gasteiger partial charge is 0.290 e. The van der Waals surface area contributed by atoms with Gasteiger partial charge >= 0.3 is 0 Å². The molecular formula is C27H27ClN4O4S. The maximum atomic E-state index is 12.2. The second-order valence-corrected chi connectivity index (χ2v) is 11.7. The number of hydrogen-bond acceptors (Lipinski definition) is 7. The Labute approximate surface area is 223 Å². The Balaban J connectivity index is 0.000000804. The minimum absolute atomic E-state index is 0.0842. The van der Waals surface area contributed by atoms with E-state index < -0.39 is 0 Å². The number of imide groups is 1. The number of nitrogens with one attached hydrogen (secondary N) is 1. The Hall–Kier alpha value is -3.01. The van der Waals surface area contributed by atoms with Gasteiger partial charge in [-0.3, -0.25) is 24.3 Å². The first-order valence-corrected chi connectivity index (χ1v) is 13.7. The molecule has 1 aromatic carbocycles. The van der Waals surface area contributed by atoms with E-state index in [0.29, 0.717) is 25.4 Å². The van der Waals surface area contributed by atoms with E-state index in [4.69, 9.17) is 21.5 Å². The van der Waals surface area contributed by atoms with Crippen LogP contribution in [0.5, 0.6) is 0 Å². The largest absolute Gasteiger partial charge is 0.483 e. The summed E-state index contributed by atoms with van der Waals surface area (Å²) in [5.41, 5.74) is 6.24. The summed E-state index contributed by atoms with van der Waals surface area (Å²) in [5.74, 6) is -0.168. The summed E-state index contributed by atoms with van der Waals surface area (Å²) >= 11 is 8.37. The first-order chi connectivity index (χ1) is 17.9. The van der Waals surface area contributed by atoms with Gasteiger partial charge in [0.05, 0.1) is 22.8 Å². The van der Waals surface area contributed by atoms with E-state index in [2.05, 4.69) is 33.4 Å². The van der Waals surface area contributed by atoms with Crippen molar-refractivity contribution >= 4 is 57.1 Å². The van der Waals surface area contributed by atoms with Crippen molar-refractivity contribution in [2.75, 3.05) is 24.5 Å². The van der Waals surface area contributed by atoms with Crippen molar-refractivity contribution in [3.8, 4) is 11.1 Å². The maximum absolute atomic E-state index is 12.2. The molecule has 3 fully saturated rings. The SMILES string of the molecule is O=C1CCC(=O)N1Cc1cc2nccc(-c3cc(Cl)cc4c3N(C3CNC3)CCC43CC3)c2s1.O=CO. The molecule has 37 heavy (non-hydrogen) atoms. The first kappa shape index (κ1) is 24.3. The quantitative estimate of drug-likeness (QED) is 0.379. The summed E-state index contributed by atoms with van der Waals surface area (Å²) in [5, 5.41) is 11.1. The zero-order valence-electron chi connectivity index (χ0n) is 20.2. The first-order valence-electron chi connectivity index (χ1n) is 12.5. The van der Waals surface area contributed by atoms with Crippen molar-refractivity contribution in [3.05, 3.63) is 45.9 Å². The monoisotopic (exact) mass is 538 g/mol. The predicted molar refractivity (Wildman–Crippen MR) is 143 cm³/mol. The zero-order valence-corrected chi connectivity index (χ0v) is 21.8. The number of nitrogens with zero attached hydrogens (tertiary/aromatic N) is 3. The number of likely N-dealkylation sites (tertiary alicyclic amines) is 1. The molecule has 10 heteroatoms. The molecule has 0 radical (unpaired) electrons. The van der Waals surface area contributed by atoms with E-state index in [9.17, 15) is 9.59 Å². The maximum Gasteiger partial charge on any atom is 0.290 e. The van der Waals surface area contributed by atoms with Crippen molar-refractivity contribution < 1.29 is 19.5 Å².